The van der Waals surface area contributed by atoms with Gasteiger partial charge in [0, 0.05) is 28.1 Å². The van der Waals surface area contributed by atoms with Crippen molar-refractivity contribution in [3.8, 4) is 17.0 Å². The summed E-state index contributed by atoms with van der Waals surface area (Å²) in [4.78, 5) is 19.2. The molecular weight excluding hydrogens is 314 g/mol. The van der Waals surface area contributed by atoms with Crippen molar-refractivity contribution in [3.05, 3.63) is 83.2 Å². The predicted octanol–water partition coefficient (Wildman–Crippen LogP) is 4.04. The summed E-state index contributed by atoms with van der Waals surface area (Å²) in [6, 6.07) is 21.9. The smallest absolute Gasteiger partial charge is 0.252 e. The number of fused-ring (bicyclic) bond motifs is 1. The van der Waals surface area contributed by atoms with E-state index in [9.17, 15) is 9.90 Å². The van der Waals surface area contributed by atoms with Crippen LogP contribution in [0.1, 0.15) is 0 Å². The third-order valence-electron chi connectivity index (χ3n) is 3.96. The summed E-state index contributed by atoms with van der Waals surface area (Å²) in [5.74, 6) is 0.558. The van der Waals surface area contributed by atoms with Gasteiger partial charge in [-0.3, -0.25) is 9.78 Å². The van der Waals surface area contributed by atoms with E-state index in [1.54, 1.807) is 12.1 Å². The van der Waals surface area contributed by atoms with Crippen LogP contribution in [-0.2, 0) is 0 Å². The molecule has 0 amide bonds. The van der Waals surface area contributed by atoms with Gasteiger partial charge in [0.2, 0.25) is 5.95 Å². The Hall–Kier alpha value is -3.60. The number of benzene rings is 3. The van der Waals surface area contributed by atoms with Crippen molar-refractivity contribution in [2.24, 2.45) is 0 Å². The highest BCUT2D eigenvalue weighted by atomic mass is 16.3. The minimum absolute atomic E-state index is 0.209. The molecular formula is C20H15N3O2. The molecule has 0 aliphatic rings. The fourth-order valence-electron chi connectivity index (χ4n) is 2.80. The standard InChI is InChI=1S/C20H15N3O2/c24-18-11-5-8-14-15(18)9-4-10-16(14)21-20-22-17(12-19(25)23-20)13-6-2-1-3-7-13/h1-12,24H,(H2,21,22,23,25). The summed E-state index contributed by atoms with van der Waals surface area (Å²) in [5.41, 5.74) is 1.98. The van der Waals surface area contributed by atoms with Gasteiger partial charge in [-0.1, -0.05) is 54.6 Å². The maximum absolute atomic E-state index is 12.0. The molecule has 25 heavy (non-hydrogen) atoms. The first kappa shape index (κ1) is 15.0. The normalized spacial score (nSPS) is 10.7. The van der Waals surface area contributed by atoms with Crippen molar-refractivity contribution in [3.63, 3.8) is 0 Å². The van der Waals surface area contributed by atoms with Gasteiger partial charge >= 0.3 is 0 Å². The van der Waals surface area contributed by atoms with Crippen LogP contribution in [0.15, 0.2) is 77.6 Å². The molecule has 0 saturated carbocycles. The van der Waals surface area contributed by atoms with Gasteiger partial charge in [0.25, 0.3) is 5.56 Å². The SMILES string of the molecule is O=c1cc(-c2ccccc2)nc(Nc2cccc3c(O)cccc23)[nH]1. The van der Waals surface area contributed by atoms with E-state index in [4.69, 9.17) is 0 Å². The first-order valence-electron chi connectivity index (χ1n) is 7.85. The maximum atomic E-state index is 12.0. The summed E-state index contributed by atoms with van der Waals surface area (Å²) in [6.45, 7) is 0. The number of aromatic hydroxyl groups is 1. The van der Waals surface area contributed by atoms with E-state index in [1.165, 1.54) is 6.07 Å². The Balaban J connectivity index is 1.79. The Kier molecular flexibility index (Phi) is 3.67. The van der Waals surface area contributed by atoms with E-state index in [0.717, 1.165) is 22.0 Å². The van der Waals surface area contributed by atoms with Gasteiger partial charge in [-0.25, -0.2) is 4.98 Å². The van der Waals surface area contributed by atoms with Gasteiger partial charge in [0.1, 0.15) is 5.75 Å². The van der Waals surface area contributed by atoms with Crippen LogP contribution >= 0.6 is 0 Å². The van der Waals surface area contributed by atoms with Crippen LogP contribution in [0, 0.1) is 0 Å². The fourth-order valence-corrected chi connectivity index (χ4v) is 2.80. The third-order valence-corrected chi connectivity index (χ3v) is 3.96. The van der Waals surface area contributed by atoms with Crippen LogP contribution in [-0.4, -0.2) is 15.1 Å². The zero-order valence-corrected chi connectivity index (χ0v) is 13.2. The first-order valence-corrected chi connectivity index (χ1v) is 7.85. The summed E-state index contributed by atoms with van der Waals surface area (Å²) in [5, 5.41) is 14.7. The lowest BCUT2D eigenvalue weighted by atomic mass is 10.1. The summed E-state index contributed by atoms with van der Waals surface area (Å²) in [6.07, 6.45) is 0. The number of aromatic amines is 1. The number of aromatic nitrogens is 2. The lowest BCUT2D eigenvalue weighted by molar-refractivity contribution is 0.481. The maximum Gasteiger partial charge on any atom is 0.252 e. The minimum atomic E-state index is -0.237. The zero-order chi connectivity index (χ0) is 17.2. The Morgan fingerprint density at radius 2 is 1.64 bits per heavy atom. The number of H-pyrrole nitrogens is 1. The van der Waals surface area contributed by atoms with Crippen molar-refractivity contribution >= 4 is 22.4 Å². The second-order valence-electron chi connectivity index (χ2n) is 5.65. The Morgan fingerprint density at radius 1 is 0.880 bits per heavy atom. The first-order chi connectivity index (χ1) is 12.2. The van der Waals surface area contributed by atoms with E-state index >= 15 is 0 Å². The molecule has 4 rings (SSSR count). The number of hydrogen-bond donors (Lipinski definition) is 3. The molecule has 0 atom stereocenters. The van der Waals surface area contributed by atoms with Gasteiger partial charge in [-0.15, -0.1) is 0 Å². The van der Waals surface area contributed by atoms with Crippen LogP contribution < -0.4 is 10.9 Å². The molecule has 0 spiro atoms. The Labute approximate surface area is 143 Å². The summed E-state index contributed by atoms with van der Waals surface area (Å²) < 4.78 is 0. The number of nitrogens with zero attached hydrogens (tertiary/aromatic N) is 1. The minimum Gasteiger partial charge on any atom is -0.507 e. The topological polar surface area (TPSA) is 78.0 Å². The summed E-state index contributed by atoms with van der Waals surface area (Å²) in [7, 11) is 0. The molecule has 5 nitrogen and oxygen atoms in total. The third kappa shape index (κ3) is 2.95. The average molecular weight is 329 g/mol. The molecule has 1 aromatic heterocycles. The molecule has 0 fully saturated rings. The molecule has 0 unspecified atom stereocenters. The number of phenolic OH excluding ortho intramolecular Hbond substituents is 1. The van der Waals surface area contributed by atoms with E-state index in [1.807, 2.05) is 54.6 Å². The van der Waals surface area contributed by atoms with Crippen LogP contribution in [0.4, 0.5) is 11.6 Å². The zero-order valence-electron chi connectivity index (χ0n) is 13.2. The lowest BCUT2D eigenvalue weighted by Crippen LogP contribution is -2.10. The van der Waals surface area contributed by atoms with Gasteiger partial charge in [-0.2, -0.15) is 0 Å². The van der Waals surface area contributed by atoms with E-state index in [2.05, 4.69) is 15.3 Å². The van der Waals surface area contributed by atoms with Gasteiger partial charge < -0.3 is 10.4 Å². The number of phenols is 1. The van der Waals surface area contributed by atoms with E-state index in [0.29, 0.717) is 11.6 Å². The molecule has 0 bridgehead atoms. The largest absolute Gasteiger partial charge is 0.507 e. The van der Waals surface area contributed by atoms with Crippen molar-refractivity contribution < 1.29 is 5.11 Å². The molecule has 1 heterocycles. The Bertz CT molecular complexity index is 1100. The molecule has 0 aliphatic carbocycles. The monoisotopic (exact) mass is 329 g/mol. The number of anilines is 2. The highest BCUT2D eigenvalue weighted by molar-refractivity contribution is 5.98. The number of hydrogen-bond acceptors (Lipinski definition) is 4. The fraction of sp³-hybridized carbons (Fsp3) is 0. The van der Waals surface area contributed by atoms with Crippen LogP contribution in [0.2, 0.25) is 0 Å². The van der Waals surface area contributed by atoms with Gasteiger partial charge in [0.15, 0.2) is 0 Å². The Morgan fingerprint density at radius 3 is 2.48 bits per heavy atom. The van der Waals surface area contributed by atoms with Crippen LogP contribution in [0.3, 0.4) is 0 Å². The average Bonchev–Trinajstić information content (AvgIpc) is 2.63. The number of rotatable bonds is 3. The number of nitrogens with one attached hydrogen (secondary N) is 2. The van der Waals surface area contributed by atoms with Crippen molar-refractivity contribution in [2.75, 3.05) is 5.32 Å². The molecule has 122 valence electrons. The molecule has 5 heteroatoms. The second-order valence-corrected chi connectivity index (χ2v) is 5.65. The predicted molar refractivity (Wildman–Crippen MR) is 99.2 cm³/mol. The summed E-state index contributed by atoms with van der Waals surface area (Å²) >= 11 is 0. The van der Waals surface area contributed by atoms with Crippen molar-refractivity contribution in [1.29, 1.82) is 0 Å². The highest BCUT2D eigenvalue weighted by Gasteiger charge is 2.07. The quantitative estimate of drug-likeness (QED) is 0.530. The molecule has 3 N–H and O–H groups in total. The molecule has 3 aromatic carbocycles. The van der Waals surface area contributed by atoms with Crippen molar-refractivity contribution in [1.82, 2.24) is 9.97 Å². The second kappa shape index (κ2) is 6.13. The molecule has 0 aliphatic heterocycles. The molecule has 4 aromatic rings. The van der Waals surface area contributed by atoms with Crippen LogP contribution in [0.5, 0.6) is 5.75 Å². The molecule has 0 saturated heterocycles. The van der Waals surface area contributed by atoms with Crippen molar-refractivity contribution in [2.45, 2.75) is 0 Å². The molecule has 0 radical (unpaired) electrons. The highest BCUT2D eigenvalue weighted by Crippen LogP contribution is 2.31. The van der Waals surface area contributed by atoms with E-state index < -0.39 is 0 Å². The van der Waals surface area contributed by atoms with E-state index in [-0.39, 0.29) is 11.3 Å². The lowest BCUT2D eigenvalue weighted by Gasteiger charge is -2.10. The van der Waals surface area contributed by atoms with Gasteiger partial charge in [-0.05, 0) is 12.1 Å². The van der Waals surface area contributed by atoms with Gasteiger partial charge in [0.05, 0.1) is 5.69 Å². The van der Waals surface area contributed by atoms with Crippen LogP contribution in [0.25, 0.3) is 22.0 Å².